The number of nitrogens with one attached hydrogen (secondary N) is 1. The van der Waals surface area contributed by atoms with Crippen molar-refractivity contribution in [3.8, 4) is 34.5 Å². The van der Waals surface area contributed by atoms with Gasteiger partial charge in [-0.3, -0.25) is 53.5 Å². The quantitative estimate of drug-likeness (QED) is 0.0496. The van der Waals surface area contributed by atoms with Gasteiger partial charge in [0.1, 0.15) is 45.7 Å². The number of anilines is 1. The van der Waals surface area contributed by atoms with Crippen LogP contribution in [0.25, 0.3) is 22.6 Å². The van der Waals surface area contributed by atoms with Crippen molar-refractivity contribution in [3.63, 3.8) is 0 Å². The van der Waals surface area contributed by atoms with E-state index in [0.717, 1.165) is 0 Å². The highest BCUT2D eigenvalue weighted by Crippen LogP contribution is 2.55. The molecule has 3 amide bonds. The first kappa shape index (κ1) is 59.1. The summed E-state index contributed by atoms with van der Waals surface area (Å²) in [5, 5.41) is 104. The minimum Gasteiger partial charge on any atom is -0.508 e. The Bertz CT molecular complexity index is 3810. The van der Waals surface area contributed by atoms with Crippen LogP contribution in [-0.4, -0.2) is 173 Å². The monoisotopic (exact) mass is 1150 g/mol. The summed E-state index contributed by atoms with van der Waals surface area (Å²) < 4.78 is 0. The molecule has 4 aromatic carbocycles. The van der Waals surface area contributed by atoms with E-state index in [1.165, 1.54) is 54.2 Å². The number of hydrogen-bond donors (Lipinski definition) is 11. The summed E-state index contributed by atoms with van der Waals surface area (Å²) in [4.78, 5) is 106. The first-order valence-corrected chi connectivity index (χ1v) is 26.3. The van der Waals surface area contributed by atoms with Gasteiger partial charge in [-0.25, -0.2) is 0 Å². The lowest BCUT2D eigenvalue weighted by atomic mass is 9.57. The Balaban J connectivity index is 0.000000204. The molecule has 0 bridgehead atoms. The van der Waals surface area contributed by atoms with Crippen LogP contribution in [0.3, 0.4) is 0 Å². The van der Waals surface area contributed by atoms with Gasteiger partial charge in [0.25, 0.3) is 17.5 Å². The van der Waals surface area contributed by atoms with E-state index in [4.69, 9.17) is 11.5 Å². The van der Waals surface area contributed by atoms with Crippen LogP contribution in [0.1, 0.15) is 46.2 Å². The summed E-state index contributed by atoms with van der Waals surface area (Å²) in [6.07, 6.45) is 0.121. The fraction of sp³-hybridized carbons (Fsp3) is 0.317. The van der Waals surface area contributed by atoms with Crippen LogP contribution in [0, 0.1) is 45.6 Å². The van der Waals surface area contributed by atoms with Gasteiger partial charge in [0.05, 0.1) is 34.7 Å². The molecular formula is C60H59N7O17. The normalized spacial score (nSPS) is 25.1. The van der Waals surface area contributed by atoms with Gasteiger partial charge in [-0.1, -0.05) is 30.0 Å². The van der Waals surface area contributed by atoms with Crippen LogP contribution in [0.15, 0.2) is 107 Å². The Morgan fingerprint density at radius 2 is 1.14 bits per heavy atom. The molecule has 0 saturated heterocycles. The third kappa shape index (κ3) is 9.50. The fourth-order valence-corrected chi connectivity index (χ4v) is 12.9. The Morgan fingerprint density at radius 3 is 1.61 bits per heavy atom. The van der Waals surface area contributed by atoms with Gasteiger partial charge in [-0.2, -0.15) is 0 Å². The summed E-state index contributed by atoms with van der Waals surface area (Å²) in [6, 6.07) is 16.1. The molecule has 2 fully saturated rings. The number of benzene rings is 4. The molecule has 8 atom stereocenters. The number of phenols is 2. The van der Waals surface area contributed by atoms with Crippen molar-refractivity contribution in [2.24, 2.45) is 35.1 Å². The number of carbonyl (C=O) groups is 7. The van der Waals surface area contributed by atoms with Gasteiger partial charge in [0, 0.05) is 51.9 Å². The summed E-state index contributed by atoms with van der Waals surface area (Å²) in [6.45, 7) is 0.238. The standard InChI is InChI=1S/C33H34N4O8.C27H25N3O9/c1-36(2)15-23(39)35-19-10-6-16(7-11-19)5-8-17-9-12-22(38)25-20(17)13-18-14-21-27(37(3)4)29(41)26(32(34)44)31(43)33(21,45)30(42)24(18)28(25)40;1-29(2)21-16-10-12-9-15-14(11-4-3-5-13(8-11)30(38)39)6-7-17(31)19(15)22(32)18(12)24(34)27(16,37)25(35)20(23(21)33)26(28)36/h6-7,9-12,18,21,27,38,40,43,45H,13-15H2,1-4H3,(H2,34,44)(H,35,39);3-8,12,16,21,31-32,35,37H,9-10H2,1-2H3,(H2,28,36)/t18-,21-,27-,33-;12-,16-,21-,27-/m00/s1. The van der Waals surface area contributed by atoms with Crippen molar-refractivity contribution < 1.29 is 79.3 Å². The van der Waals surface area contributed by atoms with Gasteiger partial charge >= 0.3 is 0 Å². The van der Waals surface area contributed by atoms with Crippen LogP contribution in [0.5, 0.6) is 11.5 Å². The number of ketones is 4. The number of aromatic hydroxyl groups is 2. The van der Waals surface area contributed by atoms with Crippen molar-refractivity contribution in [2.45, 2.75) is 49.0 Å². The zero-order chi connectivity index (χ0) is 61.5. The van der Waals surface area contributed by atoms with Crippen molar-refractivity contribution in [3.05, 3.63) is 150 Å². The number of carbonyl (C=O) groups excluding carboxylic acids is 7. The number of rotatable bonds is 9. The van der Waals surface area contributed by atoms with Crippen LogP contribution in [-0.2, 0) is 46.4 Å². The van der Waals surface area contributed by atoms with E-state index in [2.05, 4.69) is 17.2 Å². The third-order valence-corrected chi connectivity index (χ3v) is 16.5. The molecule has 0 aromatic heterocycles. The number of aliphatic hydroxyl groups excluding tert-OH is 4. The lowest BCUT2D eigenvalue weighted by Gasteiger charge is -2.50. The molecule has 0 spiro atoms. The number of hydrogen-bond acceptors (Lipinski definition) is 20. The average molecular weight is 1150 g/mol. The molecule has 0 heterocycles. The third-order valence-electron chi connectivity index (χ3n) is 16.5. The SMILES string of the molecule is CN(C)CC(=O)Nc1ccc(C#Cc2ccc(O)c3c2C[C@H]2C[C@H]4[C@H](N(C)C)C(=O)C(C(N)=O)=C(O)[C@@]4(O)C(=O)C2=C3O)cc1.CN(C)[C@@H]1C(=O)C(C(N)=O)=C(O)[C@@]2(O)C(=O)C3=C(O)c4c(O)ccc(-c5cccc([N+](=O)[O-])c5)c4C[C@H]3C[C@@H]12. The molecule has 2 saturated carbocycles. The topological polar surface area (TPSA) is 398 Å². The molecule has 24 heteroatoms. The molecular weight excluding hydrogens is 1090 g/mol. The van der Waals surface area contributed by atoms with E-state index in [0.29, 0.717) is 39.1 Å². The molecule has 10 rings (SSSR count). The molecule has 4 aromatic rings. The number of fused-ring (bicyclic) bond motifs is 6. The Morgan fingerprint density at radius 1 is 0.667 bits per heavy atom. The number of aliphatic hydroxyl groups is 6. The van der Waals surface area contributed by atoms with Crippen molar-refractivity contribution >= 4 is 63.7 Å². The average Bonchev–Trinajstić information content (AvgIpc) is 0.979. The van der Waals surface area contributed by atoms with Crippen LogP contribution in [0.4, 0.5) is 11.4 Å². The maximum atomic E-state index is 14.0. The molecule has 436 valence electrons. The van der Waals surface area contributed by atoms with E-state index in [-0.39, 0.29) is 77.6 Å². The smallest absolute Gasteiger partial charge is 0.270 e. The van der Waals surface area contributed by atoms with Crippen molar-refractivity contribution in [2.75, 3.05) is 54.1 Å². The first-order chi connectivity index (χ1) is 39.5. The summed E-state index contributed by atoms with van der Waals surface area (Å²) in [7, 11) is 9.72. The second-order valence-electron chi connectivity index (χ2n) is 22.3. The van der Waals surface area contributed by atoms with Crippen molar-refractivity contribution in [1.82, 2.24) is 14.7 Å². The van der Waals surface area contributed by atoms with E-state index < -0.39 is 121 Å². The summed E-state index contributed by atoms with van der Waals surface area (Å²) >= 11 is 0. The molecule has 24 nitrogen and oxygen atoms in total. The predicted molar refractivity (Wildman–Crippen MR) is 300 cm³/mol. The first-order valence-electron chi connectivity index (χ1n) is 26.3. The molecule has 6 aliphatic carbocycles. The second kappa shape index (κ2) is 21.7. The zero-order valence-corrected chi connectivity index (χ0v) is 46.1. The molecule has 0 aliphatic heterocycles. The van der Waals surface area contributed by atoms with Gasteiger partial charge in [-0.15, -0.1) is 0 Å². The maximum absolute atomic E-state index is 14.0. The zero-order valence-electron chi connectivity index (χ0n) is 46.1. The van der Waals surface area contributed by atoms with Gasteiger partial charge in [-0.05, 0) is 145 Å². The molecule has 13 N–H and O–H groups in total. The number of nitrogens with two attached hydrogens (primary N) is 2. The number of primary amides is 2. The van der Waals surface area contributed by atoms with E-state index >= 15 is 0 Å². The number of nitrogens with zero attached hydrogens (tertiary/aromatic N) is 4. The Hall–Kier alpha value is -9.51. The number of Topliss-reactive ketones (excluding diaryl/α,β-unsaturated/α-hetero) is 4. The summed E-state index contributed by atoms with van der Waals surface area (Å²) in [5.41, 5.74) is 6.29. The Kier molecular flexibility index (Phi) is 15.3. The minimum absolute atomic E-state index is 0.0186. The highest BCUT2D eigenvalue weighted by molar-refractivity contribution is 6.25. The molecule has 6 aliphatic rings. The maximum Gasteiger partial charge on any atom is 0.270 e. The van der Waals surface area contributed by atoms with Crippen LogP contribution in [0.2, 0.25) is 0 Å². The number of likely N-dealkylation sites (N-methyl/N-ethyl adjacent to an activating group) is 3. The van der Waals surface area contributed by atoms with Gasteiger partial charge in [0.2, 0.25) is 17.5 Å². The number of phenolic OH excluding ortho intramolecular Hbond substituents is 2. The lowest BCUT2D eigenvalue weighted by molar-refractivity contribution is -0.384. The van der Waals surface area contributed by atoms with E-state index in [1.54, 1.807) is 75.6 Å². The highest BCUT2D eigenvalue weighted by atomic mass is 16.6. The molecule has 0 unspecified atom stereocenters. The van der Waals surface area contributed by atoms with Crippen LogP contribution >= 0.6 is 0 Å². The fourth-order valence-electron chi connectivity index (χ4n) is 12.9. The van der Waals surface area contributed by atoms with Gasteiger partial charge < -0.3 is 62.5 Å². The van der Waals surface area contributed by atoms with Crippen molar-refractivity contribution in [1.29, 1.82) is 0 Å². The van der Waals surface area contributed by atoms with Crippen LogP contribution < -0.4 is 16.8 Å². The van der Waals surface area contributed by atoms with E-state index in [9.17, 15) is 84.5 Å². The number of amides is 3. The molecule has 84 heavy (non-hydrogen) atoms. The Labute approximate surface area is 479 Å². The minimum atomic E-state index is -2.72. The largest absolute Gasteiger partial charge is 0.508 e. The van der Waals surface area contributed by atoms with E-state index in [1.807, 2.05) is 0 Å². The number of non-ortho nitro benzene ring substituents is 1. The summed E-state index contributed by atoms with van der Waals surface area (Å²) in [5.74, 6) is -8.49. The number of nitro benzene ring substituents is 1. The highest BCUT2D eigenvalue weighted by Gasteiger charge is 2.66. The lowest BCUT2D eigenvalue weighted by Crippen LogP contribution is -2.65. The van der Waals surface area contributed by atoms with Gasteiger partial charge in [0.15, 0.2) is 22.8 Å². The molecule has 0 radical (unpaired) electrons. The predicted octanol–water partition coefficient (Wildman–Crippen LogP) is 2.40. The second-order valence-corrected chi connectivity index (χ2v) is 22.3. The number of nitro groups is 1.